The second kappa shape index (κ2) is 7.07. The molecule has 22 heavy (non-hydrogen) atoms. The Balaban J connectivity index is 1.55. The van der Waals surface area contributed by atoms with E-state index in [1.165, 1.54) is 19.3 Å². The van der Waals surface area contributed by atoms with Crippen LogP contribution in [0, 0.1) is 0 Å². The SMILES string of the molecule is O=C(Nc1ccccc1)N1CCN(CN2CCCCC2)C1=S. The molecule has 118 valence electrons. The Hall–Kier alpha value is -1.66. The number of nitrogens with one attached hydrogen (secondary N) is 1. The van der Waals surface area contributed by atoms with Crippen LogP contribution in [-0.4, -0.2) is 58.7 Å². The number of nitrogens with zero attached hydrogens (tertiary/aromatic N) is 3. The Labute approximate surface area is 136 Å². The van der Waals surface area contributed by atoms with E-state index >= 15 is 0 Å². The van der Waals surface area contributed by atoms with Crippen molar-refractivity contribution in [2.75, 3.05) is 38.2 Å². The molecule has 0 unspecified atom stereocenters. The quantitative estimate of drug-likeness (QED) is 0.870. The van der Waals surface area contributed by atoms with E-state index in [0.717, 1.165) is 32.0 Å². The zero-order valence-corrected chi connectivity index (χ0v) is 13.5. The topological polar surface area (TPSA) is 38.8 Å². The summed E-state index contributed by atoms with van der Waals surface area (Å²) in [5.74, 6) is 0. The molecule has 2 aliphatic heterocycles. The summed E-state index contributed by atoms with van der Waals surface area (Å²) in [4.78, 5) is 18.6. The average Bonchev–Trinajstić information content (AvgIpc) is 2.90. The number of carbonyl (C=O) groups excluding carboxylic acids is 1. The van der Waals surface area contributed by atoms with Gasteiger partial charge in [0.2, 0.25) is 0 Å². The Kier molecular flexibility index (Phi) is 4.90. The summed E-state index contributed by atoms with van der Waals surface area (Å²) in [6, 6.07) is 9.35. The van der Waals surface area contributed by atoms with E-state index < -0.39 is 0 Å². The summed E-state index contributed by atoms with van der Waals surface area (Å²) in [7, 11) is 0. The number of benzene rings is 1. The highest BCUT2D eigenvalue weighted by Crippen LogP contribution is 2.15. The number of rotatable bonds is 3. The first kappa shape index (κ1) is 15.2. The summed E-state index contributed by atoms with van der Waals surface area (Å²) in [5.41, 5.74) is 0.796. The molecule has 0 bridgehead atoms. The van der Waals surface area contributed by atoms with Crippen molar-refractivity contribution in [2.24, 2.45) is 0 Å². The standard InChI is InChI=1S/C16H22N4OS/c21-15(17-14-7-3-1-4-8-14)20-12-11-19(16(20)22)13-18-9-5-2-6-10-18/h1,3-4,7-8H,2,5-6,9-13H2,(H,17,21). The zero-order valence-electron chi connectivity index (χ0n) is 12.7. The molecule has 6 heteroatoms. The normalized spacial score (nSPS) is 19.5. The molecular weight excluding hydrogens is 296 g/mol. The van der Waals surface area contributed by atoms with E-state index in [1.807, 2.05) is 30.3 Å². The fourth-order valence-electron chi connectivity index (χ4n) is 2.96. The minimum atomic E-state index is -0.141. The number of thiocarbonyl (C=S) groups is 1. The first-order valence-corrected chi connectivity index (χ1v) is 8.30. The average molecular weight is 318 g/mol. The number of likely N-dealkylation sites (tertiary alicyclic amines) is 1. The van der Waals surface area contributed by atoms with Gasteiger partial charge in [-0.3, -0.25) is 9.80 Å². The first-order chi connectivity index (χ1) is 10.7. The van der Waals surface area contributed by atoms with Crippen LogP contribution in [0.5, 0.6) is 0 Å². The van der Waals surface area contributed by atoms with Gasteiger partial charge < -0.3 is 10.2 Å². The molecule has 1 aromatic carbocycles. The molecular formula is C16H22N4OS. The molecule has 2 saturated heterocycles. The van der Waals surface area contributed by atoms with Gasteiger partial charge >= 0.3 is 6.03 Å². The molecule has 0 spiro atoms. The molecule has 5 nitrogen and oxygen atoms in total. The van der Waals surface area contributed by atoms with Gasteiger partial charge in [0, 0.05) is 18.8 Å². The highest BCUT2D eigenvalue weighted by molar-refractivity contribution is 7.80. The van der Waals surface area contributed by atoms with E-state index in [2.05, 4.69) is 15.1 Å². The van der Waals surface area contributed by atoms with Crippen LogP contribution in [0.3, 0.4) is 0 Å². The third kappa shape index (κ3) is 3.56. The van der Waals surface area contributed by atoms with Crippen molar-refractivity contribution in [3.63, 3.8) is 0 Å². The van der Waals surface area contributed by atoms with E-state index in [1.54, 1.807) is 4.90 Å². The number of anilines is 1. The highest BCUT2D eigenvalue weighted by atomic mass is 32.1. The lowest BCUT2D eigenvalue weighted by atomic mass is 10.1. The minimum absolute atomic E-state index is 0.141. The van der Waals surface area contributed by atoms with Crippen LogP contribution in [0.4, 0.5) is 10.5 Å². The second-order valence-electron chi connectivity index (χ2n) is 5.81. The van der Waals surface area contributed by atoms with Crippen molar-refractivity contribution >= 4 is 29.0 Å². The lowest BCUT2D eigenvalue weighted by Gasteiger charge is -2.31. The molecule has 3 rings (SSSR count). The highest BCUT2D eigenvalue weighted by Gasteiger charge is 2.30. The molecule has 0 aromatic heterocycles. The summed E-state index contributed by atoms with van der Waals surface area (Å²) in [6.45, 7) is 4.58. The maximum Gasteiger partial charge on any atom is 0.328 e. The molecule has 2 aliphatic rings. The summed E-state index contributed by atoms with van der Waals surface area (Å²) < 4.78 is 0. The molecule has 0 aliphatic carbocycles. The number of carbonyl (C=O) groups is 1. The van der Waals surface area contributed by atoms with Gasteiger partial charge in [-0.05, 0) is 50.3 Å². The Morgan fingerprint density at radius 1 is 1.05 bits per heavy atom. The smallest absolute Gasteiger partial charge is 0.328 e. The largest absolute Gasteiger partial charge is 0.334 e. The predicted molar refractivity (Wildman–Crippen MR) is 91.8 cm³/mol. The number of hydrogen-bond acceptors (Lipinski definition) is 3. The van der Waals surface area contributed by atoms with Gasteiger partial charge in [-0.15, -0.1) is 0 Å². The monoisotopic (exact) mass is 318 g/mol. The van der Waals surface area contributed by atoms with Crippen LogP contribution in [0.25, 0.3) is 0 Å². The molecule has 0 atom stereocenters. The summed E-state index contributed by atoms with van der Waals surface area (Å²) >= 11 is 5.49. The van der Waals surface area contributed by atoms with Gasteiger partial charge in [-0.2, -0.15) is 0 Å². The molecule has 1 aromatic rings. The number of urea groups is 1. The van der Waals surface area contributed by atoms with Crippen LogP contribution in [0.2, 0.25) is 0 Å². The van der Waals surface area contributed by atoms with Crippen LogP contribution < -0.4 is 5.32 Å². The van der Waals surface area contributed by atoms with Crippen LogP contribution in [0.1, 0.15) is 19.3 Å². The van der Waals surface area contributed by atoms with Crippen molar-refractivity contribution in [3.8, 4) is 0 Å². The van der Waals surface area contributed by atoms with Gasteiger partial charge in [0.15, 0.2) is 5.11 Å². The Morgan fingerprint density at radius 3 is 2.50 bits per heavy atom. The zero-order chi connectivity index (χ0) is 15.4. The lowest BCUT2D eigenvalue weighted by molar-refractivity contribution is 0.167. The van der Waals surface area contributed by atoms with Gasteiger partial charge in [-0.25, -0.2) is 4.79 Å². The maximum atomic E-state index is 12.3. The molecule has 1 N–H and O–H groups in total. The van der Waals surface area contributed by atoms with E-state index in [9.17, 15) is 4.79 Å². The Morgan fingerprint density at radius 2 is 1.77 bits per heavy atom. The lowest BCUT2D eigenvalue weighted by Crippen LogP contribution is -2.44. The number of para-hydroxylation sites is 1. The molecule has 2 fully saturated rings. The summed E-state index contributed by atoms with van der Waals surface area (Å²) in [6.07, 6.45) is 3.85. The fraction of sp³-hybridized carbons (Fsp3) is 0.500. The van der Waals surface area contributed by atoms with E-state index in [4.69, 9.17) is 12.2 Å². The van der Waals surface area contributed by atoms with Crippen molar-refractivity contribution in [3.05, 3.63) is 30.3 Å². The third-order valence-corrected chi connectivity index (χ3v) is 4.66. The van der Waals surface area contributed by atoms with Crippen LogP contribution >= 0.6 is 12.2 Å². The van der Waals surface area contributed by atoms with Crippen LogP contribution in [0.15, 0.2) is 30.3 Å². The van der Waals surface area contributed by atoms with Crippen molar-refractivity contribution in [2.45, 2.75) is 19.3 Å². The Bertz CT molecular complexity index is 530. The van der Waals surface area contributed by atoms with Crippen molar-refractivity contribution in [1.82, 2.24) is 14.7 Å². The van der Waals surface area contributed by atoms with Crippen LogP contribution in [-0.2, 0) is 0 Å². The van der Waals surface area contributed by atoms with Crippen molar-refractivity contribution in [1.29, 1.82) is 0 Å². The number of hydrogen-bond donors (Lipinski definition) is 1. The molecule has 2 amide bonds. The van der Waals surface area contributed by atoms with Gasteiger partial charge in [0.25, 0.3) is 0 Å². The van der Waals surface area contributed by atoms with Gasteiger partial charge in [-0.1, -0.05) is 24.6 Å². The van der Waals surface area contributed by atoms with E-state index in [-0.39, 0.29) is 6.03 Å². The van der Waals surface area contributed by atoms with Gasteiger partial charge in [0.1, 0.15) is 0 Å². The minimum Gasteiger partial charge on any atom is -0.334 e. The fourth-order valence-corrected chi connectivity index (χ4v) is 3.28. The summed E-state index contributed by atoms with van der Waals surface area (Å²) in [5, 5.41) is 3.54. The van der Waals surface area contributed by atoms with E-state index in [0.29, 0.717) is 11.7 Å². The molecule has 0 radical (unpaired) electrons. The molecule has 2 heterocycles. The maximum absolute atomic E-state index is 12.3. The first-order valence-electron chi connectivity index (χ1n) is 7.89. The van der Waals surface area contributed by atoms with Crippen molar-refractivity contribution < 1.29 is 4.79 Å². The molecule has 0 saturated carbocycles. The number of piperidine rings is 1. The number of amides is 2. The second-order valence-corrected chi connectivity index (χ2v) is 6.18. The predicted octanol–water partition coefficient (Wildman–Crippen LogP) is 2.56. The van der Waals surface area contributed by atoms with Gasteiger partial charge in [0.05, 0.1) is 6.67 Å². The third-order valence-electron chi connectivity index (χ3n) is 4.18.